The van der Waals surface area contributed by atoms with Crippen molar-refractivity contribution in [2.45, 2.75) is 58.6 Å². The molecule has 0 unspecified atom stereocenters. The highest BCUT2D eigenvalue weighted by Gasteiger charge is 2.18. The molecule has 2 heterocycles. The first-order valence-corrected chi connectivity index (χ1v) is 14.1. The largest absolute Gasteiger partial charge is 0.453 e. The summed E-state index contributed by atoms with van der Waals surface area (Å²) in [6.07, 6.45) is 3.62. The van der Waals surface area contributed by atoms with Gasteiger partial charge in [0.1, 0.15) is 5.82 Å². The molecule has 0 atom stereocenters. The van der Waals surface area contributed by atoms with Gasteiger partial charge in [-0.25, -0.2) is 9.78 Å². The highest BCUT2D eigenvalue weighted by atomic mass is 35.5. The third-order valence-electron chi connectivity index (χ3n) is 6.57. The topological polar surface area (TPSA) is 160 Å². The van der Waals surface area contributed by atoms with Gasteiger partial charge >= 0.3 is 6.09 Å². The molecule has 0 saturated heterocycles. The number of rotatable bonds is 15. The maximum absolute atomic E-state index is 12.4. The molecule has 2 aromatic heterocycles. The molecule has 42 heavy (non-hydrogen) atoms. The third-order valence-corrected chi connectivity index (χ3v) is 6.87. The van der Waals surface area contributed by atoms with Crippen LogP contribution in [0.3, 0.4) is 0 Å². The Balaban J connectivity index is 1.42. The van der Waals surface area contributed by atoms with E-state index >= 15 is 0 Å². The molecule has 0 radical (unpaired) electrons. The summed E-state index contributed by atoms with van der Waals surface area (Å²) in [5.74, 6) is 1.13. The number of benzene rings is 2. The number of halogens is 1. The van der Waals surface area contributed by atoms with Gasteiger partial charge in [-0.1, -0.05) is 78.3 Å². The molecule has 0 saturated carbocycles. The summed E-state index contributed by atoms with van der Waals surface area (Å²) in [5.41, 5.74) is 4.11. The zero-order valence-electron chi connectivity index (χ0n) is 23.2. The van der Waals surface area contributed by atoms with E-state index in [4.69, 9.17) is 16.3 Å². The zero-order chi connectivity index (χ0) is 29.9. The van der Waals surface area contributed by atoms with E-state index in [0.717, 1.165) is 46.6 Å². The van der Waals surface area contributed by atoms with Crippen LogP contribution in [0.4, 0.5) is 4.79 Å². The maximum atomic E-state index is 12.4. The number of nitrogens with zero attached hydrogens (tertiary/aromatic N) is 7. The van der Waals surface area contributed by atoms with Crippen LogP contribution >= 0.6 is 11.6 Å². The van der Waals surface area contributed by atoms with Crippen LogP contribution < -0.4 is 0 Å². The van der Waals surface area contributed by atoms with Gasteiger partial charge in [0, 0.05) is 18.5 Å². The molecule has 0 amide bonds. The third kappa shape index (κ3) is 7.89. The first kappa shape index (κ1) is 30.6. The molecule has 4 rings (SSSR count). The van der Waals surface area contributed by atoms with Gasteiger partial charge in [-0.05, 0) is 47.6 Å². The Morgan fingerprint density at radius 1 is 1.05 bits per heavy atom. The summed E-state index contributed by atoms with van der Waals surface area (Å²) in [6, 6.07) is 15.6. The number of aromatic nitrogens is 6. The van der Waals surface area contributed by atoms with Gasteiger partial charge in [0.25, 0.3) is 5.09 Å². The van der Waals surface area contributed by atoms with E-state index in [1.165, 1.54) is 0 Å². The molecule has 0 aliphatic carbocycles. The molecular weight excluding hydrogens is 566 g/mol. The quantitative estimate of drug-likeness (QED) is 0.111. The fraction of sp³-hybridized carbons (Fsp3) is 0.393. The Morgan fingerprint density at radius 2 is 1.79 bits per heavy atom. The molecule has 0 aliphatic rings. The number of aliphatic hydroxyl groups excluding tert-OH is 1. The molecule has 0 fully saturated rings. The van der Waals surface area contributed by atoms with E-state index in [-0.39, 0.29) is 25.6 Å². The van der Waals surface area contributed by atoms with Gasteiger partial charge in [0.2, 0.25) is 5.82 Å². The van der Waals surface area contributed by atoms with Gasteiger partial charge < -0.3 is 19.2 Å². The number of aliphatic hydroxyl groups is 1. The first-order chi connectivity index (χ1) is 20.4. The highest BCUT2D eigenvalue weighted by Crippen LogP contribution is 2.30. The molecule has 1 N–H and O–H groups in total. The average Bonchev–Trinajstić information content (AvgIpc) is 3.60. The molecule has 0 spiro atoms. The van der Waals surface area contributed by atoms with Crippen molar-refractivity contribution in [2.24, 2.45) is 0 Å². The number of hydrogen-bond acceptors (Lipinski definition) is 10. The number of aryl methyl sites for hydroxylation is 1. The highest BCUT2D eigenvalue weighted by molar-refractivity contribution is 6.30. The minimum Gasteiger partial charge on any atom is -0.447 e. The van der Waals surface area contributed by atoms with Crippen LogP contribution in [0.2, 0.25) is 5.15 Å². The number of unbranched alkanes of at least 4 members (excludes halogenated alkanes) is 3. The molecule has 2 aromatic carbocycles. The molecule has 0 bridgehead atoms. The number of tetrazole rings is 1. The van der Waals surface area contributed by atoms with Crippen molar-refractivity contribution >= 4 is 17.7 Å². The molecule has 222 valence electrons. The van der Waals surface area contributed by atoms with Crippen molar-refractivity contribution < 1.29 is 24.6 Å². The van der Waals surface area contributed by atoms with Crippen LogP contribution in [0, 0.1) is 10.1 Å². The van der Waals surface area contributed by atoms with E-state index in [9.17, 15) is 20.0 Å². The van der Waals surface area contributed by atoms with Crippen LogP contribution in [-0.4, -0.2) is 59.3 Å². The monoisotopic (exact) mass is 597 g/mol. The van der Waals surface area contributed by atoms with Crippen molar-refractivity contribution in [3.8, 4) is 22.5 Å². The van der Waals surface area contributed by atoms with Crippen molar-refractivity contribution in [3.05, 3.63) is 80.9 Å². The molecular formula is C28H32ClN7O6. The number of carbonyl (C=O) groups is 1. The van der Waals surface area contributed by atoms with Crippen molar-refractivity contribution in [1.29, 1.82) is 0 Å². The van der Waals surface area contributed by atoms with E-state index in [0.29, 0.717) is 42.2 Å². The standard InChI is InChI=1S/C28H32ClN7O6/c1-2-3-11-25-30-26(29)24(19-37)34(25)18-20-12-14-21(15-13-20)22-9-5-6-10-23(22)27-31-33-35(32-27)28(38)41-16-7-4-8-17-42-36(39)40/h5-6,9-10,12-15,37H,2-4,7-8,11,16-19H2,1H3. The van der Waals surface area contributed by atoms with E-state index in [2.05, 4.69) is 32.2 Å². The maximum Gasteiger partial charge on any atom is 0.453 e. The minimum absolute atomic E-state index is 0.00117. The second-order valence-electron chi connectivity index (χ2n) is 9.49. The van der Waals surface area contributed by atoms with Crippen molar-refractivity contribution in [1.82, 2.24) is 29.8 Å². The van der Waals surface area contributed by atoms with Gasteiger partial charge in [-0.2, -0.15) is 0 Å². The number of imidazole rings is 1. The lowest BCUT2D eigenvalue weighted by Crippen LogP contribution is -2.17. The molecule has 14 heteroatoms. The van der Waals surface area contributed by atoms with Crippen LogP contribution in [0.1, 0.15) is 56.1 Å². The Hall–Kier alpha value is -4.36. The zero-order valence-corrected chi connectivity index (χ0v) is 23.9. The normalized spacial score (nSPS) is 11.0. The van der Waals surface area contributed by atoms with E-state index < -0.39 is 11.2 Å². The van der Waals surface area contributed by atoms with E-state index in [1.54, 1.807) is 0 Å². The summed E-state index contributed by atoms with van der Waals surface area (Å²) < 4.78 is 7.16. The van der Waals surface area contributed by atoms with Gasteiger partial charge in [0.05, 0.1) is 25.5 Å². The van der Waals surface area contributed by atoms with E-state index in [1.807, 2.05) is 53.1 Å². The summed E-state index contributed by atoms with van der Waals surface area (Å²) in [6.45, 7) is 2.57. The van der Waals surface area contributed by atoms with Crippen molar-refractivity contribution in [2.75, 3.05) is 13.2 Å². The minimum atomic E-state index is -0.835. The fourth-order valence-electron chi connectivity index (χ4n) is 4.41. The number of hydrogen-bond donors (Lipinski definition) is 1. The molecule has 0 aliphatic heterocycles. The summed E-state index contributed by atoms with van der Waals surface area (Å²) >= 11 is 6.29. The second-order valence-corrected chi connectivity index (χ2v) is 9.85. The van der Waals surface area contributed by atoms with Crippen LogP contribution in [0.5, 0.6) is 0 Å². The Labute approximate surface area is 247 Å². The fourth-order valence-corrected chi connectivity index (χ4v) is 4.67. The van der Waals surface area contributed by atoms with Gasteiger partial charge in [-0.15, -0.1) is 20.3 Å². The summed E-state index contributed by atoms with van der Waals surface area (Å²) in [7, 11) is 0. The van der Waals surface area contributed by atoms with Crippen LogP contribution in [0.25, 0.3) is 22.5 Å². The number of ether oxygens (including phenoxy) is 1. The SMILES string of the molecule is CCCCc1nc(Cl)c(CO)n1Cc1ccc(-c2ccccc2-c2nnn(C(=O)OCCCCCO[N+](=O)[O-])n2)cc1. The average molecular weight is 598 g/mol. The Bertz CT molecular complexity index is 1490. The molecule has 4 aromatic rings. The van der Waals surface area contributed by atoms with Crippen molar-refractivity contribution in [3.63, 3.8) is 0 Å². The summed E-state index contributed by atoms with van der Waals surface area (Å²) in [5, 5.41) is 31.6. The lowest BCUT2D eigenvalue weighted by molar-refractivity contribution is -0.757. The predicted molar refractivity (Wildman–Crippen MR) is 153 cm³/mol. The van der Waals surface area contributed by atoms with Gasteiger partial charge in [0.15, 0.2) is 5.15 Å². The van der Waals surface area contributed by atoms with Gasteiger partial charge in [-0.3, -0.25) is 0 Å². The van der Waals surface area contributed by atoms with Crippen LogP contribution in [0.15, 0.2) is 48.5 Å². The molecule has 13 nitrogen and oxygen atoms in total. The Kier molecular flexibility index (Phi) is 11.0. The Morgan fingerprint density at radius 3 is 2.50 bits per heavy atom. The second kappa shape index (κ2) is 15.0. The first-order valence-electron chi connectivity index (χ1n) is 13.7. The smallest absolute Gasteiger partial charge is 0.447 e. The van der Waals surface area contributed by atoms with Crippen LogP contribution in [-0.2, 0) is 29.1 Å². The predicted octanol–water partition coefficient (Wildman–Crippen LogP) is 5.10. The number of carbonyl (C=O) groups excluding carboxylic acids is 1. The lowest BCUT2D eigenvalue weighted by atomic mass is 9.98. The lowest BCUT2D eigenvalue weighted by Gasteiger charge is -2.12. The summed E-state index contributed by atoms with van der Waals surface area (Å²) in [4.78, 5) is 32.0.